The molecule has 0 aromatic heterocycles. The summed E-state index contributed by atoms with van der Waals surface area (Å²) in [6.45, 7) is 1.41. The number of rotatable bonds is 1. The van der Waals surface area contributed by atoms with Crippen molar-refractivity contribution in [1.82, 2.24) is 4.90 Å². The van der Waals surface area contributed by atoms with Gasteiger partial charge in [-0.25, -0.2) is 9.79 Å². The van der Waals surface area contributed by atoms with E-state index in [1.165, 1.54) is 18.5 Å². The lowest BCUT2D eigenvalue weighted by atomic mass is 10.2. The minimum atomic E-state index is -1.11. The van der Waals surface area contributed by atoms with E-state index in [4.69, 9.17) is 4.74 Å². The molecule has 0 unspecified atom stereocenters. The lowest BCUT2D eigenvalue weighted by Gasteiger charge is -2.17. The summed E-state index contributed by atoms with van der Waals surface area (Å²) in [5.74, 6) is -0.511. The molecular formula is C19H17N3O3. The fraction of sp³-hybridized carbons (Fsp3) is 0.105. The number of hydrogen-bond acceptors (Lipinski definition) is 5. The highest BCUT2D eigenvalue weighted by molar-refractivity contribution is 5.92. The van der Waals surface area contributed by atoms with E-state index in [1.807, 2.05) is 30.3 Å². The highest BCUT2D eigenvalue weighted by Gasteiger charge is 2.11. The van der Waals surface area contributed by atoms with Crippen LogP contribution in [0.1, 0.15) is 5.56 Å². The average molecular weight is 335 g/mol. The number of fused-ring (bicyclic) bond motifs is 2. The lowest BCUT2D eigenvalue weighted by Crippen LogP contribution is -2.21. The second kappa shape index (κ2) is 7.92. The average Bonchev–Trinajstić information content (AvgIpc) is 3.05. The molecule has 1 aromatic carbocycles. The Bertz CT molecular complexity index is 832. The van der Waals surface area contributed by atoms with Crippen LogP contribution in [0, 0.1) is 0 Å². The number of benzene rings is 1. The van der Waals surface area contributed by atoms with E-state index in [-0.39, 0.29) is 5.70 Å². The second-order valence-electron chi connectivity index (χ2n) is 5.29. The van der Waals surface area contributed by atoms with Gasteiger partial charge in [-0.05, 0) is 30.4 Å². The van der Waals surface area contributed by atoms with Crippen LogP contribution >= 0.6 is 0 Å². The number of hydrogen-bond donors (Lipinski definition) is 1. The summed E-state index contributed by atoms with van der Waals surface area (Å²) in [6, 6.07) is 7.32. The molecule has 0 saturated carbocycles. The molecule has 6 heteroatoms. The van der Waals surface area contributed by atoms with Gasteiger partial charge in [-0.3, -0.25) is 4.99 Å². The quantitative estimate of drug-likeness (QED) is 0.856. The van der Waals surface area contributed by atoms with E-state index >= 15 is 0 Å². The fourth-order valence-electron chi connectivity index (χ4n) is 2.32. The first-order valence-corrected chi connectivity index (χ1v) is 7.77. The molecule has 25 heavy (non-hydrogen) atoms. The Labute approximate surface area is 145 Å². The first kappa shape index (κ1) is 16.4. The zero-order valence-electron chi connectivity index (χ0n) is 13.4. The summed E-state index contributed by atoms with van der Waals surface area (Å²) >= 11 is 0. The first-order valence-electron chi connectivity index (χ1n) is 7.77. The van der Waals surface area contributed by atoms with E-state index in [9.17, 15) is 9.90 Å². The van der Waals surface area contributed by atoms with Gasteiger partial charge in [0.05, 0.1) is 12.2 Å². The predicted molar refractivity (Wildman–Crippen MR) is 96.8 cm³/mol. The molecule has 0 spiro atoms. The van der Waals surface area contributed by atoms with Crippen molar-refractivity contribution in [2.24, 2.45) is 9.98 Å². The molecule has 0 fully saturated rings. The highest BCUT2D eigenvalue weighted by Crippen LogP contribution is 2.19. The van der Waals surface area contributed by atoms with E-state index in [0.29, 0.717) is 17.9 Å². The first-order chi connectivity index (χ1) is 12.2. The second-order valence-corrected chi connectivity index (χ2v) is 5.29. The SMILES string of the molecule is O=C(O)C1=C/C=C\N=CCN2CC=C/C2=C/Oc2ccccc2C=N1. The lowest BCUT2D eigenvalue weighted by molar-refractivity contribution is -0.132. The molecule has 2 aliphatic rings. The van der Waals surface area contributed by atoms with Gasteiger partial charge in [0.15, 0.2) is 0 Å². The number of aliphatic imine (C=N–C) groups is 2. The summed E-state index contributed by atoms with van der Waals surface area (Å²) in [5, 5.41) is 9.24. The number of carbonyl (C=O) groups is 1. The largest absolute Gasteiger partial charge is 0.477 e. The van der Waals surface area contributed by atoms with E-state index < -0.39 is 5.97 Å². The third-order valence-corrected chi connectivity index (χ3v) is 3.60. The van der Waals surface area contributed by atoms with Crippen LogP contribution < -0.4 is 4.74 Å². The van der Waals surface area contributed by atoms with Crippen molar-refractivity contribution < 1.29 is 14.6 Å². The van der Waals surface area contributed by atoms with Crippen molar-refractivity contribution in [3.05, 3.63) is 78.0 Å². The fourth-order valence-corrected chi connectivity index (χ4v) is 2.32. The molecular weight excluding hydrogens is 318 g/mol. The van der Waals surface area contributed by atoms with Crippen LogP contribution in [-0.4, -0.2) is 41.5 Å². The van der Waals surface area contributed by atoms with Gasteiger partial charge in [-0.1, -0.05) is 18.2 Å². The minimum absolute atomic E-state index is 0.0852. The van der Waals surface area contributed by atoms with Crippen LogP contribution in [0.2, 0.25) is 0 Å². The van der Waals surface area contributed by atoms with Gasteiger partial charge in [0, 0.05) is 30.7 Å². The van der Waals surface area contributed by atoms with Crippen LogP contribution in [0.3, 0.4) is 0 Å². The number of allylic oxidation sites excluding steroid dienone is 3. The van der Waals surface area contributed by atoms with E-state index in [2.05, 4.69) is 21.0 Å². The smallest absolute Gasteiger partial charge is 0.354 e. The van der Waals surface area contributed by atoms with Crippen molar-refractivity contribution in [3.8, 4) is 5.75 Å². The third-order valence-electron chi connectivity index (χ3n) is 3.60. The van der Waals surface area contributed by atoms with Crippen LogP contribution in [0.5, 0.6) is 5.75 Å². The van der Waals surface area contributed by atoms with E-state index in [1.54, 1.807) is 18.6 Å². The molecule has 3 rings (SSSR count). The summed E-state index contributed by atoms with van der Waals surface area (Å²) in [6.07, 6.45) is 13.4. The molecule has 2 aliphatic heterocycles. The molecule has 126 valence electrons. The van der Waals surface area contributed by atoms with Crippen LogP contribution in [0.4, 0.5) is 0 Å². The molecule has 0 bridgehead atoms. The molecule has 2 heterocycles. The zero-order chi connectivity index (χ0) is 17.5. The van der Waals surface area contributed by atoms with Gasteiger partial charge in [0.25, 0.3) is 0 Å². The van der Waals surface area contributed by atoms with Gasteiger partial charge >= 0.3 is 5.97 Å². The zero-order valence-corrected chi connectivity index (χ0v) is 13.4. The maximum atomic E-state index is 11.3. The monoisotopic (exact) mass is 335 g/mol. The summed E-state index contributed by atoms with van der Waals surface area (Å²) in [7, 11) is 0. The molecule has 1 N–H and O–H groups in total. The van der Waals surface area contributed by atoms with Crippen molar-refractivity contribution in [2.75, 3.05) is 13.1 Å². The third kappa shape index (κ3) is 4.32. The number of carboxylic acids is 1. The topological polar surface area (TPSA) is 74.5 Å². The number of para-hydroxylation sites is 1. The Balaban J connectivity index is 1.98. The van der Waals surface area contributed by atoms with Crippen LogP contribution in [0.15, 0.2) is 82.4 Å². The van der Waals surface area contributed by atoms with Gasteiger partial charge in [0.2, 0.25) is 0 Å². The van der Waals surface area contributed by atoms with Gasteiger partial charge < -0.3 is 14.7 Å². The Morgan fingerprint density at radius 2 is 2.12 bits per heavy atom. The van der Waals surface area contributed by atoms with Crippen molar-refractivity contribution >= 4 is 18.4 Å². The number of ether oxygens (including phenoxy) is 1. The number of carboxylic acid groups (broad SMARTS) is 1. The minimum Gasteiger partial charge on any atom is -0.477 e. The predicted octanol–water partition coefficient (Wildman–Crippen LogP) is 2.76. The van der Waals surface area contributed by atoms with Gasteiger partial charge in [-0.2, -0.15) is 0 Å². The molecule has 0 saturated heterocycles. The summed E-state index contributed by atoms with van der Waals surface area (Å²) in [5.41, 5.74) is 1.55. The molecule has 0 aliphatic carbocycles. The van der Waals surface area contributed by atoms with Gasteiger partial charge in [-0.15, -0.1) is 0 Å². The van der Waals surface area contributed by atoms with Crippen molar-refractivity contribution in [1.29, 1.82) is 0 Å². The van der Waals surface area contributed by atoms with E-state index in [0.717, 1.165) is 12.2 Å². The normalized spacial score (nSPS) is 20.2. The molecule has 0 radical (unpaired) electrons. The molecule has 1 aromatic rings. The molecule has 0 amide bonds. The Kier molecular flexibility index (Phi) is 5.21. The Morgan fingerprint density at radius 3 is 3.00 bits per heavy atom. The van der Waals surface area contributed by atoms with Crippen LogP contribution in [-0.2, 0) is 4.79 Å². The molecule has 0 atom stereocenters. The summed E-state index contributed by atoms with van der Waals surface area (Å²) < 4.78 is 5.80. The standard InChI is InChI=1S/C19H17N3O3/c23-19(24)17-7-3-9-20-10-12-22-11-4-6-16(22)14-25-18-8-2-1-5-15(18)13-21-17/h1-10,13-14H,11-12H2,(H,23,24)/b9-3-,16-14-,17-7?,20-10?,21-13?. The highest BCUT2D eigenvalue weighted by atomic mass is 16.5. The molecule has 6 nitrogen and oxygen atoms in total. The number of nitrogens with zero attached hydrogens (tertiary/aromatic N) is 3. The van der Waals surface area contributed by atoms with Crippen LogP contribution in [0.25, 0.3) is 0 Å². The summed E-state index contributed by atoms with van der Waals surface area (Å²) in [4.78, 5) is 21.6. The maximum Gasteiger partial charge on any atom is 0.354 e. The maximum absolute atomic E-state index is 11.3. The van der Waals surface area contributed by atoms with Gasteiger partial charge in [0.1, 0.15) is 17.7 Å². The Hall–Kier alpha value is -3.41. The van der Waals surface area contributed by atoms with Crippen molar-refractivity contribution in [2.45, 2.75) is 0 Å². The van der Waals surface area contributed by atoms with Crippen molar-refractivity contribution in [3.63, 3.8) is 0 Å². The number of aliphatic carboxylic acids is 1. The Morgan fingerprint density at radius 1 is 1.24 bits per heavy atom.